The Morgan fingerprint density at radius 2 is 1.69 bits per heavy atom. The molecular weight excluding hydrogens is 438 g/mol. The molecule has 0 unspecified atom stereocenters. The molecule has 180 valence electrons. The lowest BCUT2D eigenvalue weighted by atomic mass is 10.1. The Labute approximate surface area is 204 Å². The van der Waals surface area contributed by atoms with Gasteiger partial charge in [-0.2, -0.15) is 0 Å². The maximum absolute atomic E-state index is 13.7. The van der Waals surface area contributed by atoms with Crippen LogP contribution in [0.3, 0.4) is 0 Å². The lowest BCUT2D eigenvalue weighted by Crippen LogP contribution is -2.39. The number of para-hydroxylation sites is 1. The molecule has 1 aromatic heterocycles. The minimum absolute atomic E-state index is 0.0371. The van der Waals surface area contributed by atoms with E-state index in [1.807, 2.05) is 38.1 Å². The molecule has 0 bridgehead atoms. The van der Waals surface area contributed by atoms with Crippen LogP contribution in [0, 0.1) is 13.8 Å². The zero-order chi connectivity index (χ0) is 24.9. The van der Waals surface area contributed by atoms with Crippen LogP contribution in [0.4, 0.5) is 0 Å². The summed E-state index contributed by atoms with van der Waals surface area (Å²) in [5, 5.41) is 3.39. The third kappa shape index (κ3) is 5.27. The average Bonchev–Trinajstić information content (AvgIpc) is 2.85. The number of rotatable bonds is 8. The highest BCUT2D eigenvalue weighted by Gasteiger charge is 2.15. The second-order valence-corrected chi connectivity index (χ2v) is 9.00. The molecule has 0 saturated carbocycles. The second kappa shape index (κ2) is 10.6. The van der Waals surface area contributed by atoms with Crippen LogP contribution >= 0.6 is 0 Å². The summed E-state index contributed by atoms with van der Waals surface area (Å²) in [7, 11) is 0. The summed E-state index contributed by atoms with van der Waals surface area (Å²) in [5.74, 6) is -0.0371. The van der Waals surface area contributed by atoms with E-state index in [2.05, 4.69) is 18.3 Å². The number of unbranched alkanes of at least 4 members (excludes halogenated alkanes) is 1. The molecule has 4 rings (SSSR count). The van der Waals surface area contributed by atoms with Gasteiger partial charge in [0.25, 0.3) is 5.56 Å². The van der Waals surface area contributed by atoms with E-state index in [9.17, 15) is 14.4 Å². The van der Waals surface area contributed by atoms with Gasteiger partial charge in [-0.15, -0.1) is 0 Å². The Morgan fingerprint density at radius 1 is 0.943 bits per heavy atom. The molecule has 3 aromatic carbocycles. The van der Waals surface area contributed by atoms with Gasteiger partial charge < -0.3 is 5.32 Å². The number of amides is 1. The van der Waals surface area contributed by atoms with Gasteiger partial charge in [0, 0.05) is 6.54 Å². The molecule has 0 aliphatic carbocycles. The third-order valence-electron chi connectivity index (χ3n) is 6.30. The largest absolute Gasteiger partial charge is 0.356 e. The van der Waals surface area contributed by atoms with Crippen molar-refractivity contribution in [3.63, 3.8) is 0 Å². The highest BCUT2D eigenvalue weighted by atomic mass is 16.2. The zero-order valence-electron chi connectivity index (χ0n) is 20.5. The number of fused-ring (bicyclic) bond motifs is 1. The van der Waals surface area contributed by atoms with Gasteiger partial charge in [-0.3, -0.25) is 14.2 Å². The predicted octanol–water partition coefficient (Wildman–Crippen LogP) is 4.28. The van der Waals surface area contributed by atoms with Crippen molar-refractivity contribution in [2.45, 2.75) is 46.6 Å². The van der Waals surface area contributed by atoms with Gasteiger partial charge in [-0.25, -0.2) is 9.36 Å². The summed E-state index contributed by atoms with van der Waals surface area (Å²) < 4.78 is 2.88. The Morgan fingerprint density at radius 3 is 2.43 bits per heavy atom. The molecule has 0 aliphatic heterocycles. The number of carbonyl (C=O) groups excluding carboxylic acids is 1. The van der Waals surface area contributed by atoms with Gasteiger partial charge in [-0.05, 0) is 61.2 Å². The third-order valence-corrected chi connectivity index (χ3v) is 6.30. The molecule has 0 fully saturated rings. The fourth-order valence-electron chi connectivity index (χ4n) is 4.26. The van der Waals surface area contributed by atoms with Crippen molar-refractivity contribution >= 4 is 16.8 Å². The van der Waals surface area contributed by atoms with Crippen LogP contribution in [0.25, 0.3) is 16.6 Å². The lowest BCUT2D eigenvalue weighted by molar-refractivity contribution is -0.120. The second-order valence-electron chi connectivity index (χ2n) is 9.00. The molecule has 1 heterocycles. The van der Waals surface area contributed by atoms with Gasteiger partial charge in [0.2, 0.25) is 5.91 Å². The molecular formula is C29H31N3O3. The fourth-order valence-corrected chi connectivity index (χ4v) is 4.26. The van der Waals surface area contributed by atoms with Crippen molar-refractivity contribution in [2.24, 2.45) is 0 Å². The Balaban J connectivity index is 1.74. The minimum Gasteiger partial charge on any atom is -0.356 e. The molecule has 35 heavy (non-hydrogen) atoms. The number of hydrogen-bond donors (Lipinski definition) is 1. The maximum atomic E-state index is 13.7. The average molecular weight is 470 g/mol. The van der Waals surface area contributed by atoms with Crippen LogP contribution in [0.1, 0.15) is 42.0 Å². The van der Waals surface area contributed by atoms with E-state index in [1.165, 1.54) is 4.57 Å². The van der Waals surface area contributed by atoms with Crippen molar-refractivity contribution in [2.75, 3.05) is 6.54 Å². The normalized spacial score (nSPS) is 11.1. The number of carbonyl (C=O) groups is 1. The summed E-state index contributed by atoms with van der Waals surface area (Å²) in [6.07, 6.45) is 2.23. The van der Waals surface area contributed by atoms with Crippen LogP contribution in [0.15, 0.2) is 76.3 Å². The minimum atomic E-state index is -0.389. The number of aromatic nitrogens is 2. The number of nitrogens with one attached hydrogen (secondary N) is 1. The molecule has 0 radical (unpaired) electrons. The summed E-state index contributed by atoms with van der Waals surface area (Å²) >= 11 is 0. The van der Waals surface area contributed by atoms with E-state index in [0.717, 1.165) is 35.1 Å². The molecule has 4 aromatic rings. The van der Waals surface area contributed by atoms with Crippen LogP contribution in [0.2, 0.25) is 0 Å². The van der Waals surface area contributed by atoms with E-state index < -0.39 is 0 Å². The summed E-state index contributed by atoms with van der Waals surface area (Å²) in [4.78, 5) is 39.2. The van der Waals surface area contributed by atoms with E-state index in [0.29, 0.717) is 29.7 Å². The first-order valence-electron chi connectivity index (χ1n) is 12.1. The molecule has 1 amide bonds. The van der Waals surface area contributed by atoms with Crippen molar-refractivity contribution < 1.29 is 4.79 Å². The van der Waals surface area contributed by atoms with Crippen molar-refractivity contribution in [1.29, 1.82) is 0 Å². The molecule has 1 N–H and O–H groups in total. The number of nitrogens with zero attached hydrogens (tertiary/aromatic N) is 2. The molecule has 6 heteroatoms. The van der Waals surface area contributed by atoms with Gasteiger partial charge in [0.1, 0.15) is 0 Å². The Bertz CT molecular complexity index is 1480. The van der Waals surface area contributed by atoms with Gasteiger partial charge in [0.15, 0.2) is 0 Å². The standard InChI is InChI=1S/C29H31N3O3/c1-4-5-16-30-27(33)18-22-12-14-24(15-13-22)32-28(34)25-8-6-7-9-26(25)31(29(32)35)19-23-17-20(2)10-11-21(23)3/h6-15,17H,4-5,16,18-19H2,1-3H3,(H,30,33). The quantitative estimate of drug-likeness (QED) is 0.392. The van der Waals surface area contributed by atoms with Gasteiger partial charge in [-0.1, -0.05) is 61.4 Å². The summed E-state index contributed by atoms with van der Waals surface area (Å²) in [5.41, 5.74) is 4.42. The molecule has 0 saturated heterocycles. The Hall–Kier alpha value is -3.93. The van der Waals surface area contributed by atoms with Gasteiger partial charge in [0.05, 0.1) is 29.6 Å². The SMILES string of the molecule is CCCCNC(=O)Cc1ccc(-n2c(=O)c3ccccc3n(Cc3cc(C)ccc3C)c2=O)cc1. The van der Waals surface area contributed by atoms with E-state index in [4.69, 9.17) is 0 Å². The van der Waals surface area contributed by atoms with Crippen molar-refractivity contribution in [1.82, 2.24) is 14.5 Å². The summed E-state index contributed by atoms with van der Waals surface area (Å²) in [6, 6.07) is 20.4. The van der Waals surface area contributed by atoms with Crippen LogP contribution in [0.5, 0.6) is 0 Å². The van der Waals surface area contributed by atoms with Crippen molar-refractivity contribution in [3.05, 3.63) is 110 Å². The highest BCUT2D eigenvalue weighted by molar-refractivity contribution is 5.79. The van der Waals surface area contributed by atoms with E-state index >= 15 is 0 Å². The first-order chi connectivity index (χ1) is 16.9. The van der Waals surface area contributed by atoms with Crippen molar-refractivity contribution in [3.8, 4) is 5.69 Å². The van der Waals surface area contributed by atoms with E-state index in [1.54, 1.807) is 41.0 Å². The van der Waals surface area contributed by atoms with Crippen LogP contribution in [-0.4, -0.2) is 21.6 Å². The highest BCUT2D eigenvalue weighted by Crippen LogP contribution is 2.16. The maximum Gasteiger partial charge on any atom is 0.336 e. The van der Waals surface area contributed by atoms with Crippen LogP contribution in [-0.2, 0) is 17.8 Å². The van der Waals surface area contributed by atoms with Gasteiger partial charge >= 0.3 is 5.69 Å². The van der Waals surface area contributed by atoms with Crippen LogP contribution < -0.4 is 16.6 Å². The predicted molar refractivity (Wildman–Crippen MR) is 140 cm³/mol. The topological polar surface area (TPSA) is 73.1 Å². The lowest BCUT2D eigenvalue weighted by Gasteiger charge is -2.16. The monoisotopic (exact) mass is 469 g/mol. The molecule has 0 spiro atoms. The fraction of sp³-hybridized carbons (Fsp3) is 0.276. The first-order valence-corrected chi connectivity index (χ1v) is 12.1. The first kappa shape index (κ1) is 24.2. The number of hydrogen-bond acceptors (Lipinski definition) is 3. The molecule has 0 aliphatic rings. The number of aryl methyl sites for hydroxylation is 2. The zero-order valence-corrected chi connectivity index (χ0v) is 20.5. The van der Waals surface area contributed by atoms with E-state index in [-0.39, 0.29) is 23.6 Å². The molecule has 6 nitrogen and oxygen atoms in total. The smallest absolute Gasteiger partial charge is 0.336 e. The number of benzene rings is 3. The summed E-state index contributed by atoms with van der Waals surface area (Å²) in [6.45, 7) is 7.16. The Kier molecular flexibility index (Phi) is 7.30. The molecule has 0 atom stereocenters.